The van der Waals surface area contributed by atoms with Crippen molar-refractivity contribution < 1.29 is 18.8 Å². The van der Waals surface area contributed by atoms with E-state index in [0.717, 1.165) is 23.3 Å². The average Bonchev–Trinajstić information content (AvgIpc) is 3.33. The minimum atomic E-state index is -0.881. The molecule has 1 aromatic carbocycles. The SMILES string of the molecule is C[C@@]1(C2CC2)NC(=O)N(CC(=O)NCc2ccc(F)cc2)C1=O. The van der Waals surface area contributed by atoms with Gasteiger partial charge in [0.1, 0.15) is 17.9 Å². The Morgan fingerprint density at radius 3 is 2.61 bits per heavy atom. The molecular formula is C16H18FN3O3. The third-order valence-corrected chi connectivity index (χ3v) is 4.40. The number of urea groups is 1. The first-order valence-electron chi connectivity index (χ1n) is 7.55. The number of nitrogens with one attached hydrogen (secondary N) is 2. The van der Waals surface area contributed by atoms with Crippen LogP contribution in [-0.4, -0.2) is 34.8 Å². The van der Waals surface area contributed by atoms with Crippen molar-refractivity contribution in [1.82, 2.24) is 15.5 Å². The highest BCUT2D eigenvalue weighted by molar-refractivity contribution is 6.09. The van der Waals surface area contributed by atoms with E-state index in [1.165, 1.54) is 12.1 Å². The first kappa shape index (κ1) is 15.5. The van der Waals surface area contributed by atoms with Crippen molar-refractivity contribution >= 4 is 17.8 Å². The summed E-state index contributed by atoms with van der Waals surface area (Å²) in [6.45, 7) is 1.61. The van der Waals surface area contributed by atoms with Crippen molar-refractivity contribution in [3.8, 4) is 0 Å². The molecule has 2 N–H and O–H groups in total. The van der Waals surface area contributed by atoms with Gasteiger partial charge in [-0.2, -0.15) is 0 Å². The van der Waals surface area contributed by atoms with Crippen molar-refractivity contribution in [2.75, 3.05) is 6.54 Å². The highest BCUT2D eigenvalue weighted by atomic mass is 19.1. The van der Waals surface area contributed by atoms with Crippen molar-refractivity contribution in [2.24, 2.45) is 5.92 Å². The fourth-order valence-corrected chi connectivity index (χ4v) is 2.80. The van der Waals surface area contributed by atoms with Crippen molar-refractivity contribution in [3.05, 3.63) is 35.6 Å². The van der Waals surface area contributed by atoms with Crippen molar-refractivity contribution in [3.63, 3.8) is 0 Å². The van der Waals surface area contributed by atoms with Gasteiger partial charge in [0.15, 0.2) is 0 Å². The van der Waals surface area contributed by atoms with Gasteiger partial charge >= 0.3 is 6.03 Å². The monoisotopic (exact) mass is 319 g/mol. The van der Waals surface area contributed by atoms with Crippen LogP contribution < -0.4 is 10.6 Å². The van der Waals surface area contributed by atoms with Crippen LogP contribution in [0.3, 0.4) is 0 Å². The van der Waals surface area contributed by atoms with Crippen LogP contribution in [0.1, 0.15) is 25.3 Å². The molecule has 1 aromatic rings. The van der Waals surface area contributed by atoms with E-state index in [1.807, 2.05) is 0 Å². The molecule has 2 fully saturated rings. The molecule has 0 aromatic heterocycles. The third-order valence-electron chi connectivity index (χ3n) is 4.40. The molecule has 0 radical (unpaired) electrons. The molecule has 2 aliphatic rings. The summed E-state index contributed by atoms with van der Waals surface area (Å²) >= 11 is 0. The van der Waals surface area contributed by atoms with Gasteiger partial charge in [0.25, 0.3) is 5.91 Å². The van der Waals surface area contributed by atoms with E-state index in [9.17, 15) is 18.8 Å². The first-order valence-corrected chi connectivity index (χ1v) is 7.55. The van der Waals surface area contributed by atoms with Gasteiger partial charge in [-0.25, -0.2) is 9.18 Å². The second kappa shape index (κ2) is 5.64. The Morgan fingerprint density at radius 1 is 1.35 bits per heavy atom. The lowest BCUT2D eigenvalue weighted by atomic mass is 9.96. The molecule has 1 saturated carbocycles. The molecule has 1 aliphatic carbocycles. The molecule has 122 valence electrons. The Kier molecular flexibility index (Phi) is 3.79. The number of benzene rings is 1. The minimum absolute atomic E-state index is 0.159. The average molecular weight is 319 g/mol. The number of amides is 4. The number of carbonyl (C=O) groups excluding carboxylic acids is 3. The van der Waals surface area contributed by atoms with Gasteiger partial charge in [0.05, 0.1) is 0 Å². The first-order chi connectivity index (χ1) is 10.9. The van der Waals surface area contributed by atoms with Gasteiger partial charge < -0.3 is 10.6 Å². The van der Waals surface area contributed by atoms with Crippen LogP contribution in [0.2, 0.25) is 0 Å². The number of nitrogens with zero attached hydrogens (tertiary/aromatic N) is 1. The van der Waals surface area contributed by atoms with Crippen LogP contribution in [0.5, 0.6) is 0 Å². The number of imide groups is 1. The van der Waals surface area contributed by atoms with Gasteiger partial charge in [-0.05, 0) is 43.4 Å². The number of hydrogen-bond acceptors (Lipinski definition) is 3. The molecule has 0 bridgehead atoms. The summed E-state index contributed by atoms with van der Waals surface area (Å²) in [5.74, 6) is -0.968. The van der Waals surface area contributed by atoms with E-state index < -0.39 is 17.5 Å². The summed E-state index contributed by atoms with van der Waals surface area (Å²) < 4.78 is 12.8. The maximum absolute atomic E-state index is 12.8. The zero-order valence-electron chi connectivity index (χ0n) is 12.8. The molecule has 1 saturated heterocycles. The Bertz CT molecular complexity index is 657. The molecule has 23 heavy (non-hydrogen) atoms. The summed E-state index contributed by atoms with van der Waals surface area (Å²) in [4.78, 5) is 37.3. The van der Waals surface area contributed by atoms with E-state index in [2.05, 4.69) is 10.6 Å². The molecule has 1 heterocycles. The quantitative estimate of drug-likeness (QED) is 0.800. The fourth-order valence-electron chi connectivity index (χ4n) is 2.80. The zero-order valence-corrected chi connectivity index (χ0v) is 12.8. The second-order valence-electron chi connectivity index (χ2n) is 6.20. The van der Waals surface area contributed by atoms with E-state index in [4.69, 9.17) is 0 Å². The molecule has 0 spiro atoms. The van der Waals surface area contributed by atoms with E-state index in [1.54, 1.807) is 19.1 Å². The molecule has 6 nitrogen and oxygen atoms in total. The summed E-state index contributed by atoms with van der Waals surface area (Å²) in [5.41, 5.74) is -0.145. The lowest BCUT2D eigenvalue weighted by Gasteiger charge is -2.20. The molecule has 7 heteroatoms. The summed E-state index contributed by atoms with van der Waals surface area (Å²) in [6, 6.07) is 5.21. The fraction of sp³-hybridized carbons (Fsp3) is 0.438. The molecule has 1 atom stereocenters. The Labute approximate surface area is 133 Å². The molecule has 0 unspecified atom stereocenters. The smallest absolute Gasteiger partial charge is 0.325 e. The standard InChI is InChI=1S/C16H18FN3O3/c1-16(11-4-5-11)14(22)20(15(23)19-16)9-13(21)18-8-10-2-6-12(17)7-3-10/h2-3,6-7,11H,4-5,8-9H2,1H3,(H,18,21)(H,19,23)/t16-/m0/s1. The van der Waals surface area contributed by atoms with Crippen LogP contribution in [-0.2, 0) is 16.1 Å². The summed E-state index contributed by atoms with van der Waals surface area (Å²) in [7, 11) is 0. The number of hydrogen-bond donors (Lipinski definition) is 2. The predicted molar refractivity (Wildman–Crippen MR) is 79.6 cm³/mol. The summed E-state index contributed by atoms with van der Waals surface area (Å²) in [6.07, 6.45) is 1.82. The lowest BCUT2D eigenvalue weighted by molar-refractivity contribution is -0.135. The van der Waals surface area contributed by atoms with E-state index >= 15 is 0 Å². The normalized spacial score (nSPS) is 23.8. The van der Waals surface area contributed by atoms with Crippen LogP contribution in [0.4, 0.5) is 9.18 Å². The zero-order chi connectivity index (χ0) is 16.6. The largest absolute Gasteiger partial charge is 0.350 e. The van der Waals surface area contributed by atoms with Crippen LogP contribution in [0.15, 0.2) is 24.3 Å². The number of rotatable bonds is 5. The Balaban J connectivity index is 1.56. The minimum Gasteiger partial charge on any atom is -0.350 e. The van der Waals surface area contributed by atoms with Gasteiger partial charge in [0, 0.05) is 6.54 Å². The maximum atomic E-state index is 12.8. The van der Waals surface area contributed by atoms with Gasteiger partial charge in [-0.1, -0.05) is 12.1 Å². The van der Waals surface area contributed by atoms with Crippen molar-refractivity contribution in [1.29, 1.82) is 0 Å². The van der Waals surface area contributed by atoms with Crippen LogP contribution in [0.25, 0.3) is 0 Å². The lowest BCUT2D eigenvalue weighted by Crippen LogP contribution is -2.46. The molecular weight excluding hydrogens is 301 g/mol. The Hall–Kier alpha value is -2.44. The predicted octanol–water partition coefficient (Wildman–Crippen LogP) is 1.16. The number of carbonyl (C=O) groups is 3. The molecule has 3 rings (SSSR count). The molecule has 4 amide bonds. The number of halogens is 1. The van der Waals surface area contributed by atoms with E-state index in [-0.39, 0.29) is 30.7 Å². The van der Waals surface area contributed by atoms with Gasteiger partial charge in [0.2, 0.25) is 5.91 Å². The topological polar surface area (TPSA) is 78.5 Å². The van der Waals surface area contributed by atoms with E-state index in [0.29, 0.717) is 0 Å². The van der Waals surface area contributed by atoms with Gasteiger partial charge in [-0.3, -0.25) is 14.5 Å². The summed E-state index contributed by atoms with van der Waals surface area (Å²) in [5, 5.41) is 5.32. The highest BCUT2D eigenvalue weighted by Gasteiger charge is 2.56. The highest BCUT2D eigenvalue weighted by Crippen LogP contribution is 2.42. The van der Waals surface area contributed by atoms with Crippen molar-refractivity contribution in [2.45, 2.75) is 31.8 Å². The second-order valence-corrected chi connectivity index (χ2v) is 6.20. The van der Waals surface area contributed by atoms with Crippen LogP contribution in [0, 0.1) is 11.7 Å². The third kappa shape index (κ3) is 3.04. The van der Waals surface area contributed by atoms with Crippen LogP contribution >= 0.6 is 0 Å². The molecule has 1 aliphatic heterocycles. The maximum Gasteiger partial charge on any atom is 0.325 e. The van der Waals surface area contributed by atoms with Gasteiger partial charge in [-0.15, -0.1) is 0 Å². The Morgan fingerprint density at radius 2 is 2.00 bits per heavy atom.